The molecule has 0 saturated carbocycles. The van der Waals surface area contributed by atoms with Gasteiger partial charge in [0.2, 0.25) is 5.91 Å². The Hall–Kier alpha value is -1.35. The molecule has 1 aromatic rings. The molecule has 128 valence electrons. The fourth-order valence-electron chi connectivity index (χ4n) is 2.56. The Bertz CT molecular complexity index is 697. The van der Waals surface area contributed by atoms with Crippen molar-refractivity contribution in [3.8, 4) is 0 Å². The average molecular weight is 358 g/mol. The van der Waals surface area contributed by atoms with Gasteiger partial charge in [-0.1, -0.05) is 17.8 Å². The molecule has 1 amide bonds. The number of rotatable bonds is 6. The predicted molar refractivity (Wildman–Crippen MR) is 90.2 cm³/mol. The Morgan fingerprint density at radius 2 is 2.22 bits per heavy atom. The van der Waals surface area contributed by atoms with Crippen LogP contribution in [0.1, 0.15) is 25.1 Å². The molecule has 0 spiro atoms. The third-order valence-corrected chi connectivity index (χ3v) is 6.56. The van der Waals surface area contributed by atoms with Gasteiger partial charge in [0, 0.05) is 26.6 Å². The number of sulfone groups is 1. The van der Waals surface area contributed by atoms with Crippen LogP contribution < -0.4 is 0 Å². The van der Waals surface area contributed by atoms with Crippen molar-refractivity contribution in [2.75, 3.05) is 25.6 Å². The van der Waals surface area contributed by atoms with Gasteiger partial charge in [-0.25, -0.2) is 8.42 Å². The van der Waals surface area contributed by atoms with Crippen molar-refractivity contribution in [3.05, 3.63) is 18.5 Å². The summed E-state index contributed by atoms with van der Waals surface area (Å²) >= 11 is 1.33. The number of carbonyl (C=O) groups is 1. The van der Waals surface area contributed by atoms with Gasteiger partial charge in [0.05, 0.1) is 16.8 Å². The third kappa shape index (κ3) is 4.14. The van der Waals surface area contributed by atoms with Gasteiger partial charge >= 0.3 is 0 Å². The van der Waals surface area contributed by atoms with E-state index in [9.17, 15) is 13.2 Å². The summed E-state index contributed by atoms with van der Waals surface area (Å²) in [6, 6.07) is 0. The molecule has 0 radical (unpaired) electrons. The van der Waals surface area contributed by atoms with E-state index in [0.29, 0.717) is 23.9 Å². The van der Waals surface area contributed by atoms with Crippen LogP contribution in [-0.4, -0.2) is 64.8 Å². The smallest absolute Gasteiger partial charge is 0.235 e. The topological polar surface area (TPSA) is 85.2 Å². The minimum absolute atomic E-state index is 0.00635. The first-order chi connectivity index (χ1) is 10.7. The van der Waals surface area contributed by atoms with Gasteiger partial charge in [0.15, 0.2) is 15.0 Å². The Balaban J connectivity index is 2.25. The maximum absolute atomic E-state index is 12.0. The molecule has 0 bridgehead atoms. The molecule has 0 aliphatic carbocycles. The second kappa shape index (κ2) is 7.04. The predicted octanol–water partition coefficient (Wildman–Crippen LogP) is 0.935. The summed E-state index contributed by atoms with van der Waals surface area (Å²) < 4.78 is 25.3. The highest BCUT2D eigenvalue weighted by Crippen LogP contribution is 2.31. The standard InChI is InChI=1S/C14H22N4O3S2/c1-5-7-18-12(11-6-8-23(20,21)9-11)15-16-14(18)22-10(2)13(19)17(3)4/h5,10-11H,1,6-9H2,2-4H3/t10-,11+/m0/s1. The maximum atomic E-state index is 12.0. The lowest BCUT2D eigenvalue weighted by Crippen LogP contribution is -2.29. The largest absolute Gasteiger partial charge is 0.348 e. The summed E-state index contributed by atoms with van der Waals surface area (Å²) in [5.74, 6) is 0.822. The minimum atomic E-state index is -2.99. The fraction of sp³-hybridized carbons (Fsp3) is 0.643. The molecule has 9 heteroatoms. The van der Waals surface area contributed by atoms with E-state index in [1.165, 1.54) is 16.7 Å². The van der Waals surface area contributed by atoms with Gasteiger partial charge in [-0.2, -0.15) is 0 Å². The van der Waals surface area contributed by atoms with Gasteiger partial charge in [-0.15, -0.1) is 16.8 Å². The Kier molecular flexibility index (Phi) is 5.51. The number of carbonyl (C=O) groups excluding carboxylic acids is 1. The van der Waals surface area contributed by atoms with Crippen molar-refractivity contribution in [2.24, 2.45) is 0 Å². The lowest BCUT2D eigenvalue weighted by Gasteiger charge is -2.17. The summed E-state index contributed by atoms with van der Waals surface area (Å²) in [7, 11) is 0.434. The molecule has 2 atom stereocenters. The van der Waals surface area contributed by atoms with Crippen molar-refractivity contribution in [2.45, 2.75) is 36.2 Å². The first-order valence-corrected chi connectivity index (χ1v) is 10.1. The molecule has 0 N–H and O–H groups in total. The van der Waals surface area contributed by atoms with Crippen LogP contribution in [0.4, 0.5) is 0 Å². The van der Waals surface area contributed by atoms with E-state index in [2.05, 4.69) is 16.8 Å². The second-order valence-corrected chi connectivity index (χ2v) is 9.37. The minimum Gasteiger partial charge on any atom is -0.348 e. The molecular formula is C14H22N4O3S2. The number of amides is 1. The summed E-state index contributed by atoms with van der Waals surface area (Å²) in [4.78, 5) is 13.6. The van der Waals surface area contributed by atoms with Gasteiger partial charge in [-0.3, -0.25) is 4.79 Å². The molecule has 2 rings (SSSR count). The van der Waals surface area contributed by atoms with E-state index >= 15 is 0 Å². The molecule has 1 aromatic heterocycles. The van der Waals surface area contributed by atoms with Crippen molar-refractivity contribution in [3.63, 3.8) is 0 Å². The highest BCUT2D eigenvalue weighted by molar-refractivity contribution is 8.00. The molecule has 23 heavy (non-hydrogen) atoms. The first kappa shape index (κ1) is 18.0. The van der Waals surface area contributed by atoms with E-state index < -0.39 is 9.84 Å². The number of nitrogens with zero attached hydrogens (tertiary/aromatic N) is 4. The monoisotopic (exact) mass is 358 g/mol. The molecular weight excluding hydrogens is 336 g/mol. The molecule has 1 aliphatic rings. The van der Waals surface area contributed by atoms with Crippen LogP contribution in [0.3, 0.4) is 0 Å². The van der Waals surface area contributed by atoms with Crippen molar-refractivity contribution in [1.82, 2.24) is 19.7 Å². The average Bonchev–Trinajstić information content (AvgIpc) is 3.02. The SMILES string of the molecule is C=CCn1c(S[C@@H](C)C(=O)N(C)C)nnc1[C@@H]1CCS(=O)(=O)C1. The highest BCUT2D eigenvalue weighted by Gasteiger charge is 2.33. The normalized spacial score (nSPS) is 21.1. The number of allylic oxidation sites excluding steroid dienone is 1. The molecule has 0 aromatic carbocycles. The van der Waals surface area contributed by atoms with E-state index in [4.69, 9.17) is 0 Å². The lowest BCUT2D eigenvalue weighted by atomic mass is 10.1. The van der Waals surface area contributed by atoms with Gasteiger partial charge < -0.3 is 9.47 Å². The number of thioether (sulfide) groups is 1. The summed E-state index contributed by atoms with van der Waals surface area (Å²) in [6.45, 7) is 6.05. The Labute approximate surface area is 141 Å². The zero-order chi connectivity index (χ0) is 17.2. The van der Waals surface area contributed by atoms with Crippen molar-refractivity contribution < 1.29 is 13.2 Å². The van der Waals surface area contributed by atoms with Gasteiger partial charge in [0.25, 0.3) is 0 Å². The Morgan fingerprint density at radius 1 is 1.52 bits per heavy atom. The summed E-state index contributed by atoms with van der Waals surface area (Å²) in [6.07, 6.45) is 2.28. The Morgan fingerprint density at radius 3 is 2.74 bits per heavy atom. The molecule has 7 nitrogen and oxygen atoms in total. The van der Waals surface area contributed by atoms with Crippen LogP contribution >= 0.6 is 11.8 Å². The van der Waals surface area contributed by atoms with Crippen LogP contribution in [0.25, 0.3) is 0 Å². The van der Waals surface area contributed by atoms with Crippen LogP contribution in [0, 0.1) is 0 Å². The van der Waals surface area contributed by atoms with E-state index in [-0.39, 0.29) is 28.6 Å². The molecule has 2 heterocycles. The maximum Gasteiger partial charge on any atom is 0.235 e. The number of hydrogen-bond donors (Lipinski definition) is 0. The van der Waals surface area contributed by atoms with Crippen LogP contribution in [0.5, 0.6) is 0 Å². The van der Waals surface area contributed by atoms with E-state index in [0.717, 1.165) is 0 Å². The molecule has 1 aliphatic heterocycles. The molecule has 1 fully saturated rings. The van der Waals surface area contributed by atoms with Crippen LogP contribution in [0.2, 0.25) is 0 Å². The number of aromatic nitrogens is 3. The van der Waals surface area contributed by atoms with Crippen molar-refractivity contribution >= 4 is 27.5 Å². The quantitative estimate of drug-likeness (QED) is 0.556. The lowest BCUT2D eigenvalue weighted by molar-refractivity contribution is -0.127. The number of hydrogen-bond acceptors (Lipinski definition) is 6. The molecule has 1 saturated heterocycles. The zero-order valence-corrected chi connectivity index (χ0v) is 15.2. The van der Waals surface area contributed by atoms with Gasteiger partial charge in [-0.05, 0) is 13.3 Å². The summed E-state index contributed by atoms with van der Waals surface area (Å²) in [5.41, 5.74) is 0. The zero-order valence-electron chi connectivity index (χ0n) is 13.6. The van der Waals surface area contributed by atoms with Crippen LogP contribution in [-0.2, 0) is 21.2 Å². The summed E-state index contributed by atoms with van der Waals surface area (Å²) in [5, 5.41) is 8.69. The van der Waals surface area contributed by atoms with E-state index in [1.807, 2.05) is 11.5 Å². The fourth-order valence-corrected chi connectivity index (χ4v) is 5.31. The first-order valence-electron chi connectivity index (χ1n) is 7.37. The van der Waals surface area contributed by atoms with Crippen LogP contribution in [0.15, 0.2) is 17.8 Å². The van der Waals surface area contributed by atoms with Crippen molar-refractivity contribution in [1.29, 1.82) is 0 Å². The van der Waals surface area contributed by atoms with Gasteiger partial charge in [0.1, 0.15) is 5.82 Å². The third-order valence-electron chi connectivity index (χ3n) is 3.73. The highest BCUT2D eigenvalue weighted by atomic mass is 32.2. The molecule has 0 unspecified atom stereocenters. The van der Waals surface area contributed by atoms with E-state index in [1.54, 1.807) is 20.2 Å². The second-order valence-electron chi connectivity index (χ2n) is 5.83.